The molecule has 2 aromatic carbocycles. The zero-order valence-corrected chi connectivity index (χ0v) is 45.1. The number of para-hydroxylation sites is 1. The van der Waals surface area contributed by atoms with E-state index in [1.807, 2.05) is 81.7 Å². The molecular weight excluding hydrogens is 963 g/mol. The number of piperazine rings is 1. The number of carbonyl (C=O) groups excluding carboxylic acids is 3. The molecule has 3 amide bonds. The number of phenolic OH excluding ortho intramolecular Hbond substituents is 1. The minimum absolute atomic E-state index is 0.0498. The second kappa shape index (κ2) is 22.2. The lowest BCUT2D eigenvalue weighted by Crippen LogP contribution is -2.59. The molecule has 10 rings (SSSR count). The number of aliphatic hydroxyl groups is 1. The van der Waals surface area contributed by atoms with Gasteiger partial charge >= 0.3 is 0 Å². The number of carbonyl (C=O) groups is 3. The second-order valence-electron chi connectivity index (χ2n) is 23.0. The number of nitrogens with zero attached hydrogens (tertiary/aromatic N) is 8. The van der Waals surface area contributed by atoms with Gasteiger partial charge in [-0.1, -0.05) is 63.2 Å². The molecule has 3 saturated heterocycles. The highest BCUT2D eigenvalue weighted by Gasteiger charge is 2.50. The summed E-state index contributed by atoms with van der Waals surface area (Å²) in [6, 6.07) is 20.7. The van der Waals surface area contributed by atoms with Gasteiger partial charge in [-0.15, -0.1) is 21.5 Å². The second-order valence-corrected chi connectivity index (χ2v) is 23.8. The molecule has 0 unspecified atom stereocenters. The SMILES string of the molecule is CCNc1nnc(-c2ccccc2O)cc1N1CCN(c2ccc(C3CCN(C4CC5(CCC(C(=O)N[C@H](C(=O)N6C[C@H](O)C[C@H]6C(=O)NCc6ccc(-c7scnc7C)cc6)C(C)(C)C)CC5)C4)CC3)cn2)CC1. The fraction of sp³-hybridized carbons (Fsp3) is 0.534. The number of aliphatic hydroxyl groups excluding tert-OH is 1. The van der Waals surface area contributed by atoms with Gasteiger partial charge in [0.05, 0.1) is 33.6 Å². The number of aromatic hydroxyl groups is 1. The lowest BCUT2D eigenvalue weighted by Gasteiger charge is -2.55. The van der Waals surface area contributed by atoms with Gasteiger partial charge in [-0.3, -0.25) is 14.4 Å². The van der Waals surface area contributed by atoms with Gasteiger partial charge in [0.2, 0.25) is 17.7 Å². The number of aromatic nitrogens is 4. The van der Waals surface area contributed by atoms with E-state index in [9.17, 15) is 24.6 Å². The Morgan fingerprint density at radius 3 is 2.24 bits per heavy atom. The van der Waals surface area contributed by atoms with E-state index in [2.05, 4.69) is 71.1 Å². The van der Waals surface area contributed by atoms with Gasteiger partial charge in [0.15, 0.2) is 5.82 Å². The van der Waals surface area contributed by atoms with Gasteiger partial charge in [0, 0.05) is 76.0 Å². The molecule has 5 N–H and O–H groups in total. The minimum atomic E-state index is -0.836. The average Bonchev–Trinajstić information content (AvgIpc) is 4.04. The number of aryl methyl sites for hydroxylation is 1. The first kappa shape index (κ1) is 52.3. The molecule has 398 valence electrons. The largest absolute Gasteiger partial charge is 0.507 e. The number of rotatable bonds is 14. The van der Waals surface area contributed by atoms with Crippen LogP contribution in [0.15, 0.2) is 78.4 Å². The van der Waals surface area contributed by atoms with Crippen molar-refractivity contribution in [1.82, 2.24) is 40.6 Å². The zero-order valence-electron chi connectivity index (χ0n) is 44.3. The molecule has 75 heavy (non-hydrogen) atoms. The van der Waals surface area contributed by atoms with Crippen LogP contribution in [-0.4, -0.2) is 134 Å². The van der Waals surface area contributed by atoms with Gasteiger partial charge < -0.3 is 45.8 Å². The predicted octanol–water partition coefficient (Wildman–Crippen LogP) is 7.76. The molecule has 16 nitrogen and oxygen atoms in total. The highest BCUT2D eigenvalue weighted by atomic mass is 32.1. The Balaban J connectivity index is 0.660. The Labute approximate surface area is 445 Å². The molecule has 2 aliphatic carbocycles. The van der Waals surface area contributed by atoms with Crippen LogP contribution >= 0.6 is 11.3 Å². The van der Waals surface area contributed by atoms with Crippen molar-refractivity contribution in [2.75, 3.05) is 67.5 Å². The first-order valence-corrected chi connectivity index (χ1v) is 28.2. The van der Waals surface area contributed by atoms with Crippen LogP contribution in [0.5, 0.6) is 5.75 Å². The molecule has 5 aromatic rings. The number of nitrogens with one attached hydrogen (secondary N) is 3. The number of pyridine rings is 1. The predicted molar refractivity (Wildman–Crippen MR) is 295 cm³/mol. The van der Waals surface area contributed by atoms with E-state index in [0.29, 0.717) is 29.8 Å². The molecule has 3 aliphatic heterocycles. The summed E-state index contributed by atoms with van der Waals surface area (Å²) in [6.07, 6.45) is 9.71. The smallest absolute Gasteiger partial charge is 0.246 e. The van der Waals surface area contributed by atoms with Crippen molar-refractivity contribution >= 4 is 46.4 Å². The summed E-state index contributed by atoms with van der Waals surface area (Å²) >= 11 is 1.59. The standard InChI is InChI=1S/C58H75N11O5S/c1-6-59-53-47(30-46(64-65-53)45-9-7-8-10-49(45)71)67-25-27-68(28-26-67)50-16-15-42(34-60-50)39-19-23-66(24-20-39)43-31-58(32-43)21-17-41(18-22-58)54(72)63-52(57(3,4)5)56(74)69-35-44(70)29-48(69)55(73)61-33-38-11-13-40(14-12-38)51-37(2)62-36-75-51/h7-16,30,34,36,39,41,43-44,48,52,70-71H,6,17-29,31-33,35H2,1-5H3,(H,59,65)(H,61,73)(H,63,72)/t41?,43?,44-,48+,52-,58?/m1/s1. The third kappa shape index (κ3) is 11.5. The number of hydrogen-bond acceptors (Lipinski definition) is 14. The molecule has 3 atom stereocenters. The first-order valence-electron chi connectivity index (χ1n) is 27.3. The van der Waals surface area contributed by atoms with Crippen LogP contribution in [0.4, 0.5) is 17.3 Å². The number of phenols is 1. The van der Waals surface area contributed by atoms with Gasteiger partial charge in [-0.25, -0.2) is 9.97 Å². The van der Waals surface area contributed by atoms with Crippen LogP contribution in [-0.2, 0) is 20.9 Å². The molecule has 6 heterocycles. The van der Waals surface area contributed by atoms with E-state index in [4.69, 9.17) is 4.98 Å². The van der Waals surface area contributed by atoms with E-state index in [0.717, 1.165) is 123 Å². The average molecular weight is 1040 g/mol. The van der Waals surface area contributed by atoms with E-state index >= 15 is 0 Å². The Kier molecular flexibility index (Phi) is 15.5. The maximum Gasteiger partial charge on any atom is 0.246 e. The van der Waals surface area contributed by atoms with Crippen LogP contribution in [0.25, 0.3) is 21.7 Å². The van der Waals surface area contributed by atoms with Crippen LogP contribution in [0.3, 0.4) is 0 Å². The van der Waals surface area contributed by atoms with Crippen LogP contribution in [0.1, 0.15) is 108 Å². The highest BCUT2D eigenvalue weighted by Crippen LogP contribution is 2.55. The van der Waals surface area contributed by atoms with Gasteiger partial charge in [0.25, 0.3) is 0 Å². The Morgan fingerprint density at radius 1 is 0.867 bits per heavy atom. The van der Waals surface area contributed by atoms with Gasteiger partial charge in [-0.2, -0.15) is 0 Å². The molecule has 1 spiro atoms. The number of piperidine rings is 1. The van der Waals surface area contributed by atoms with Crippen molar-refractivity contribution in [1.29, 1.82) is 0 Å². The first-order chi connectivity index (χ1) is 36.1. The van der Waals surface area contributed by atoms with Gasteiger partial charge in [0.1, 0.15) is 23.7 Å². The monoisotopic (exact) mass is 1040 g/mol. The Bertz CT molecular complexity index is 2790. The number of amides is 3. The number of hydrogen-bond donors (Lipinski definition) is 5. The summed E-state index contributed by atoms with van der Waals surface area (Å²) in [4.78, 5) is 61.3. The number of thiazole rings is 1. The maximum atomic E-state index is 14.4. The fourth-order valence-corrected chi connectivity index (χ4v) is 13.3. The summed E-state index contributed by atoms with van der Waals surface area (Å²) < 4.78 is 0. The van der Waals surface area contributed by atoms with E-state index < -0.39 is 23.6 Å². The third-order valence-corrected chi connectivity index (χ3v) is 18.0. The van der Waals surface area contributed by atoms with Crippen molar-refractivity contribution < 1.29 is 24.6 Å². The maximum absolute atomic E-state index is 14.4. The van der Waals surface area contributed by atoms with Crippen molar-refractivity contribution in [3.8, 4) is 27.4 Å². The van der Waals surface area contributed by atoms with Crippen LogP contribution in [0, 0.1) is 23.7 Å². The summed E-state index contributed by atoms with van der Waals surface area (Å²) in [5.41, 5.74) is 8.13. The normalized spacial score (nSPS) is 23.9. The van der Waals surface area contributed by atoms with E-state index in [1.54, 1.807) is 17.4 Å². The van der Waals surface area contributed by atoms with E-state index in [-0.39, 0.29) is 47.8 Å². The van der Waals surface area contributed by atoms with Crippen molar-refractivity contribution in [2.24, 2.45) is 16.7 Å². The molecule has 3 aromatic heterocycles. The lowest BCUT2D eigenvalue weighted by molar-refractivity contribution is -0.145. The third-order valence-electron chi connectivity index (χ3n) is 17.0. The molecule has 0 bridgehead atoms. The van der Waals surface area contributed by atoms with Crippen molar-refractivity contribution in [3.63, 3.8) is 0 Å². The molecule has 17 heteroatoms. The lowest BCUT2D eigenvalue weighted by atomic mass is 9.56. The highest BCUT2D eigenvalue weighted by molar-refractivity contribution is 7.13. The Morgan fingerprint density at radius 2 is 1.59 bits per heavy atom. The summed E-state index contributed by atoms with van der Waals surface area (Å²) in [7, 11) is 0. The number of anilines is 3. The van der Waals surface area contributed by atoms with Crippen LogP contribution < -0.4 is 25.8 Å². The topological polar surface area (TPSA) is 192 Å². The molecular formula is C58H75N11O5S. The molecule has 5 aliphatic rings. The van der Waals surface area contributed by atoms with Crippen LogP contribution in [0.2, 0.25) is 0 Å². The van der Waals surface area contributed by atoms with E-state index in [1.165, 1.54) is 23.3 Å². The summed E-state index contributed by atoms with van der Waals surface area (Å²) in [5, 5.41) is 39.7. The quantitative estimate of drug-likeness (QED) is 0.0726. The number of benzene rings is 2. The Hall–Kier alpha value is -6.17. The van der Waals surface area contributed by atoms with Gasteiger partial charge in [-0.05, 0) is 136 Å². The fourth-order valence-electron chi connectivity index (χ4n) is 12.5. The molecule has 2 saturated carbocycles. The summed E-state index contributed by atoms with van der Waals surface area (Å²) in [5.74, 6) is 1.57. The minimum Gasteiger partial charge on any atom is -0.507 e. The number of β-amino-alcohol motifs (C(OH)–C–C–N with tert-alkyl or cyclic N) is 1. The van der Waals surface area contributed by atoms with Crippen molar-refractivity contribution in [3.05, 3.63) is 95.3 Å². The van der Waals surface area contributed by atoms with Crippen molar-refractivity contribution in [2.45, 2.75) is 129 Å². The summed E-state index contributed by atoms with van der Waals surface area (Å²) in [6.45, 7) is 16.4. The molecule has 5 fully saturated rings. The number of likely N-dealkylation sites (tertiary alicyclic amines) is 2. The zero-order chi connectivity index (χ0) is 52.4. The molecule has 0 radical (unpaired) electrons.